The van der Waals surface area contributed by atoms with Gasteiger partial charge in [-0.15, -0.1) is 0 Å². The molecule has 0 bridgehead atoms. The summed E-state index contributed by atoms with van der Waals surface area (Å²) in [6.45, 7) is 6.99. The zero-order chi connectivity index (χ0) is 21.1. The smallest absolute Gasteiger partial charge is 0.217 e. The number of aryl methyl sites for hydroxylation is 1. The summed E-state index contributed by atoms with van der Waals surface area (Å²) in [6.07, 6.45) is 5.14. The maximum atomic E-state index is 14.1. The molecule has 2 aromatic carbocycles. The number of likely N-dealkylation sites (tertiary alicyclic amines) is 1. The van der Waals surface area contributed by atoms with Crippen LogP contribution in [0.1, 0.15) is 42.5 Å². The van der Waals surface area contributed by atoms with Gasteiger partial charge in [0.25, 0.3) is 0 Å². The van der Waals surface area contributed by atoms with Crippen LogP contribution in [0.3, 0.4) is 0 Å². The van der Waals surface area contributed by atoms with Gasteiger partial charge in [-0.1, -0.05) is 24.3 Å². The molecule has 2 heterocycles. The van der Waals surface area contributed by atoms with Crippen molar-refractivity contribution in [1.82, 2.24) is 14.8 Å². The lowest BCUT2D eigenvalue weighted by Gasteiger charge is -2.33. The summed E-state index contributed by atoms with van der Waals surface area (Å²) in [5.41, 5.74) is 4.13. The summed E-state index contributed by atoms with van der Waals surface area (Å²) < 4.78 is 16.5. The van der Waals surface area contributed by atoms with Crippen LogP contribution in [-0.4, -0.2) is 35.0 Å². The first kappa shape index (κ1) is 20.6. The number of hydrogen-bond acceptors (Lipinski definition) is 2. The van der Waals surface area contributed by atoms with Crippen LogP contribution < -0.4 is 5.32 Å². The van der Waals surface area contributed by atoms with E-state index in [-0.39, 0.29) is 11.7 Å². The molecule has 1 aliphatic heterocycles. The van der Waals surface area contributed by atoms with Gasteiger partial charge in [-0.3, -0.25) is 4.79 Å². The third kappa shape index (κ3) is 4.73. The lowest BCUT2D eigenvalue weighted by Crippen LogP contribution is -2.35. The Labute approximate surface area is 177 Å². The van der Waals surface area contributed by atoms with E-state index in [0.29, 0.717) is 12.6 Å². The van der Waals surface area contributed by atoms with Gasteiger partial charge in [0.15, 0.2) is 0 Å². The molecule has 0 atom stereocenters. The summed E-state index contributed by atoms with van der Waals surface area (Å²) >= 11 is 0. The van der Waals surface area contributed by atoms with Gasteiger partial charge in [0.1, 0.15) is 5.82 Å². The molecule has 0 spiro atoms. The van der Waals surface area contributed by atoms with Gasteiger partial charge < -0.3 is 14.8 Å². The van der Waals surface area contributed by atoms with E-state index in [9.17, 15) is 9.18 Å². The molecule has 1 N–H and O–H groups in total. The fraction of sp³-hybridized carbons (Fsp3) is 0.400. The van der Waals surface area contributed by atoms with Gasteiger partial charge in [0.2, 0.25) is 5.91 Å². The van der Waals surface area contributed by atoms with Crippen molar-refractivity contribution >= 4 is 16.8 Å². The zero-order valence-corrected chi connectivity index (χ0v) is 17.8. The summed E-state index contributed by atoms with van der Waals surface area (Å²) in [5, 5.41) is 4.11. The standard InChI is InChI=1S/C25H30FN3O/c1-18-3-5-21(24(26)15-18)7-11-28-12-9-23(10-13-28)29-14-8-22-6-4-20(16-25(22)29)17-27-19(2)30/h3-6,8,14-16,23H,7,9-13,17H2,1-2H3,(H,27,30). The first-order valence-electron chi connectivity index (χ1n) is 10.8. The maximum Gasteiger partial charge on any atom is 0.217 e. The Hall–Kier alpha value is -2.66. The van der Waals surface area contributed by atoms with Crippen LogP contribution in [0, 0.1) is 12.7 Å². The molecular weight excluding hydrogens is 377 g/mol. The lowest BCUT2D eigenvalue weighted by atomic mass is 10.0. The fourth-order valence-electron chi connectivity index (χ4n) is 4.40. The molecule has 0 unspecified atom stereocenters. The van der Waals surface area contributed by atoms with E-state index < -0.39 is 0 Å². The van der Waals surface area contributed by atoms with Crippen LogP contribution in [0.4, 0.5) is 4.39 Å². The van der Waals surface area contributed by atoms with Crippen molar-refractivity contribution in [3.8, 4) is 0 Å². The minimum Gasteiger partial charge on any atom is -0.352 e. The maximum absolute atomic E-state index is 14.1. The molecule has 1 aliphatic rings. The number of aromatic nitrogens is 1. The molecule has 1 fully saturated rings. The first-order chi connectivity index (χ1) is 14.5. The average Bonchev–Trinajstić information content (AvgIpc) is 3.15. The summed E-state index contributed by atoms with van der Waals surface area (Å²) in [6, 6.07) is 14.6. The number of fused-ring (bicyclic) bond motifs is 1. The van der Waals surface area contributed by atoms with E-state index in [1.165, 1.54) is 10.9 Å². The number of nitrogens with zero attached hydrogens (tertiary/aromatic N) is 2. The number of rotatable bonds is 6. The van der Waals surface area contributed by atoms with E-state index in [2.05, 4.69) is 45.2 Å². The van der Waals surface area contributed by atoms with Crippen molar-refractivity contribution < 1.29 is 9.18 Å². The van der Waals surface area contributed by atoms with E-state index in [1.807, 2.05) is 19.1 Å². The van der Waals surface area contributed by atoms with Crippen molar-refractivity contribution in [3.63, 3.8) is 0 Å². The Morgan fingerprint density at radius 3 is 2.67 bits per heavy atom. The Kier molecular flexibility index (Phi) is 6.18. The molecule has 1 aromatic heterocycles. The highest BCUT2D eigenvalue weighted by Gasteiger charge is 2.21. The summed E-state index contributed by atoms with van der Waals surface area (Å²) in [5.74, 6) is -0.0952. The highest BCUT2D eigenvalue weighted by molar-refractivity contribution is 5.81. The minimum atomic E-state index is -0.0845. The van der Waals surface area contributed by atoms with Crippen molar-refractivity contribution in [2.75, 3.05) is 19.6 Å². The molecule has 1 amide bonds. The van der Waals surface area contributed by atoms with Crippen LogP contribution >= 0.6 is 0 Å². The number of carbonyl (C=O) groups is 1. The normalized spacial score (nSPS) is 15.6. The van der Waals surface area contributed by atoms with Crippen LogP contribution in [0.25, 0.3) is 10.9 Å². The van der Waals surface area contributed by atoms with Gasteiger partial charge in [-0.2, -0.15) is 0 Å². The third-order valence-electron chi connectivity index (χ3n) is 6.19. The minimum absolute atomic E-state index is 0.0108. The second-order valence-corrected chi connectivity index (χ2v) is 8.44. The van der Waals surface area contributed by atoms with Crippen LogP contribution in [-0.2, 0) is 17.8 Å². The molecule has 3 aromatic rings. The molecule has 30 heavy (non-hydrogen) atoms. The Bertz CT molecular complexity index is 1030. The van der Waals surface area contributed by atoms with Gasteiger partial charge in [0.05, 0.1) is 0 Å². The highest BCUT2D eigenvalue weighted by atomic mass is 19.1. The van der Waals surface area contributed by atoms with Crippen LogP contribution in [0.5, 0.6) is 0 Å². The molecule has 4 nitrogen and oxygen atoms in total. The van der Waals surface area contributed by atoms with Crippen molar-refractivity contribution in [1.29, 1.82) is 0 Å². The predicted molar refractivity (Wildman–Crippen MR) is 119 cm³/mol. The van der Waals surface area contributed by atoms with Gasteiger partial charge in [-0.25, -0.2) is 4.39 Å². The fourth-order valence-corrected chi connectivity index (χ4v) is 4.40. The number of nitrogens with one attached hydrogen (secondary N) is 1. The number of amides is 1. The lowest BCUT2D eigenvalue weighted by molar-refractivity contribution is -0.119. The number of halogens is 1. The van der Waals surface area contributed by atoms with Crippen LogP contribution in [0.15, 0.2) is 48.7 Å². The van der Waals surface area contributed by atoms with Gasteiger partial charge in [0, 0.05) is 50.9 Å². The van der Waals surface area contributed by atoms with E-state index in [4.69, 9.17) is 0 Å². The molecule has 1 saturated heterocycles. The Morgan fingerprint density at radius 2 is 1.93 bits per heavy atom. The molecule has 0 aliphatic carbocycles. The average molecular weight is 408 g/mol. The molecule has 5 heteroatoms. The number of piperidine rings is 1. The Morgan fingerprint density at radius 1 is 1.13 bits per heavy atom. The van der Waals surface area contributed by atoms with E-state index in [0.717, 1.165) is 55.6 Å². The van der Waals surface area contributed by atoms with Crippen molar-refractivity contribution in [3.05, 3.63) is 71.2 Å². The molecule has 158 valence electrons. The number of carbonyl (C=O) groups excluding carboxylic acids is 1. The first-order valence-corrected chi connectivity index (χ1v) is 10.8. The molecular formula is C25H30FN3O. The topological polar surface area (TPSA) is 37.3 Å². The van der Waals surface area contributed by atoms with Crippen molar-refractivity contribution in [2.24, 2.45) is 0 Å². The highest BCUT2D eigenvalue weighted by Crippen LogP contribution is 2.28. The van der Waals surface area contributed by atoms with Crippen molar-refractivity contribution in [2.45, 2.75) is 45.7 Å². The molecule has 0 radical (unpaired) electrons. The van der Waals surface area contributed by atoms with Gasteiger partial charge >= 0.3 is 0 Å². The monoisotopic (exact) mass is 407 g/mol. The third-order valence-corrected chi connectivity index (χ3v) is 6.19. The predicted octanol–water partition coefficient (Wildman–Crippen LogP) is 4.60. The summed E-state index contributed by atoms with van der Waals surface area (Å²) in [7, 11) is 0. The molecule has 0 saturated carbocycles. The second kappa shape index (κ2) is 9.00. The van der Waals surface area contributed by atoms with Crippen LogP contribution in [0.2, 0.25) is 0 Å². The largest absolute Gasteiger partial charge is 0.352 e. The van der Waals surface area contributed by atoms with E-state index >= 15 is 0 Å². The van der Waals surface area contributed by atoms with Gasteiger partial charge in [-0.05, 0) is 66.5 Å². The molecule has 4 rings (SSSR count). The Balaban J connectivity index is 1.37. The second-order valence-electron chi connectivity index (χ2n) is 8.44. The quantitative estimate of drug-likeness (QED) is 0.648. The SMILES string of the molecule is CC(=O)NCc1ccc2ccn(C3CCN(CCc4ccc(C)cc4F)CC3)c2c1. The number of benzene rings is 2. The summed E-state index contributed by atoms with van der Waals surface area (Å²) in [4.78, 5) is 13.7. The van der Waals surface area contributed by atoms with E-state index in [1.54, 1.807) is 13.0 Å². The zero-order valence-electron chi connectivity index (χ0n) is 17.8. The number of hydrogen-bond donors (Lipinski definition) is 1.